The molecule has 2 aliphatic rings. The number of nitrogens with one attached hydrogen (secondary N) is 1. The van der Waals surface area contributed by atoms with Crippen molar-refractivity contribution in [2.45, 2.75) is 25.8 Å². The maximum Gasteiger partial charge on any atom is 0.276 e. The molecule has 0 unspecified atom stereocenters. The van der Waals surface area contributed by atoms with E-state index < -0.39 is 0 Å². The quantitative estimate of drug-likeness (QED) is 0.445. The van der Waals surface area contributed by atoms with Crippen molar-refractivity contribution in [3.8, 4) is 22.6 Å². The number of piperidine rings is 1. The molecule has 2 aliphatic heterocycles. The zero-order chi connectivity index (χ0) is 24.5. The van der Waals surface area contributed by atoms with Gasteiger partial charge in [0.15, 0.2) is 17.2 Å². The molecule has 8 heteroatoms. The first-order valence-corrected chi connectivity index (χ1v) is 12.5. The Kier molecular flexibility index (Phi) is 6.03. The molecule has 0 spiro atoms. The second kappa shape index (κ2) is 9.62. The molecule has 0 bridgehead atoms. The van der Waals surface area contributed by atoms with E-state index in [0.29, 0.717) is 36.1 Å². The van der Waals surface area contributed by atoms with Crippen molar-refractivity contribution in [3.63, 3.8) is 0 Å². The van der Waals surface area contributed by atoms with E-state index in [1.165, 1.54) is 24.8 Å². The number of fused-ring (bicyclic) bond motifs is 2. The molecule has 6 rings (SSSR count). The smallest absolute Gasteiger partial charge is 0.276 e. The van der Waals surface area contributed by atoms with Gasteiger partial charge in [-0.3, -0.25) is 19.4 Å². The van der Waals surface area contributed by atoms with Crippen LogP contribution in [0.4, 0.5) is 5.69 Å². The minimum absolute atomic E-state index is 0.272. The van der Waals surface area contributed by atoms with Gasteiger partial charge in [0.05, 0.1) is 5.52 Å². The largest absolute Gasteiger partial charge is 0.486 e. The Morgan fingerprint density at radius 3 is 2.64 bits per heavy atom. The maximum atomic E-state index is 13.3. The molecular formula is C28H29N5O3. The number of likely N-dealkylation sites (tertiary alicyclic amines) is 1. The number of aromatic nitrogens is 3. The predicted octanol–water partition coefficient (Wildman–Crippen LogP) is 4.64. The third kappa shape index (κ3) is 4.52. The topological polar surface area (TPSA) is 81.5 Å². The summed E-state index contributed by atoms with van der Waals surface area (Å²) in [5.41, 5.74) is 5.15. The minimum Gasteiger partial charge on any atom is -0.486 e. The molecule has 4 heterocycles. The van der Waals surface area contributed by atoms with E-state index in [0.717, 1.165) is 41.7 Å². The fourth-order valence-corrected chi connectivity index (χ4v) is 5.03. The van der Waals surface area contributed by atoms with Crippen molar-refractivity contribution in [2.75, 3.05) is 31.6 Å². The number of nitrogens with zero attached hydrogens (tertiary/aromatic N) is 4. The number of carbonyl (C=O) groups is 1. The molecule has 8 nitrogen and oxygen atoms in total. The Morgan fingerprint density at radius 2 is 1.78 bits per heavy atom. The SMILES string of the molecule is Cn1nc(C(=O)Nc2ccc3c(c2)OCCO3)c2cc(-c3cncc(CN4CCCCC4)c3)ccc21. The second-order valence-electron chi connectivity index (χ2n) is 9.44. The number of carbonyl (C=O) groups excluding carboxylic acids is 1. The fraction of sp³-hybridized carbons (Fsp3) is 0.321. The lowest BCUT2D eigenvalue weighted by molar-refractivity contribution is 0.102. The van der Waals surface area contributed by atoms with Gasteiger partial charge in [0, 0.05) is 48.7 Å². The summed E-state index contributed by atoms with van der Waals surface area (Å²) in [6.45, 7) is 4.23. The standard InChI is InChI=1S/C28H29N5O3/c1-32-24-7-5-20(21-13-19(16-29-17-21)18-33-9-3-2-4-10-33)14-23(24)27(31-32)28(34)30-22-6-8-25-26(15-22)36-12-11-35-25/h5-8,13-17H,2-4,9-12,18H2,1H3,(H,30,34). The van der Waals surface area contributed by atoms with E-state index in [1.54, 1.807) is 10.7 Å². The predicted molar refractivity (Wildman–Crippen MR) is 138 cm³/mol. The first-order valence-electron chi connectivity index (χ1n) is 12.5. The molecule has 0 saturated carbocycles. The van der Waals surface area contributed by atoms with Crippen molar-refractivity contribution in [2.24, 2.45) is 7.05 Å². The van der Waals surface area contributed by atoms with Crippen LogP contribution in [0.15, 0.2) is 54.9 Å². The number of hydrogen-bond donors (Lipinski definition) is 1. The Hall–Kier alpha value is -3.91. The number of ether oxygens (including phenoxy) is 2. The maximum absolute atomic E-state index is 13.3. The van der Waals surface area contributed by atoms with Crippen LogP contribution in [0.2, 0.25) is 0 Å². The van der Waals surface area contributed by atoms with Crippen LogP contribution in [0.25, 0.3) is 22.0 Å². The second-order valence-corrected chi connectivity index (χ2v) is 9.44. The van der Waals surface area contributed by atoms with Crippen molar-refractivity contribution in [3.05, 3.63) is 66.1 Å². The summed E-state index contributed by atoms with van der Waals surface area (Å²) in [5, 5.41) is 8.29. The monoisotopic (exact) mass is 483 g/mol. The minimum atomic E-state index is -0.272. The van der Waals surface area contributed by atoms with Crippen molar-refractivity contribution in [1.82, 2.24) is 19.7 Å². The molecule has 2 aromatic heterocycles. The highest BCUT2D eigenvalue weighted by molar-refractivity contribution is 6.11. The number of aryl methyl sites for hydroxylation is 1. The van der Waals surface area contributed by atoms with Gasteiger partial charge < -0.3 is 14.8 Å². The zero-order valence-electron chi connectivity index (χ0n) is 20.4. The molecule has 1 N–H and O–H groups in total. The molecule has 1 fully saturated rings. The third-order valence-electron chi connectivity index (χ3n) is 6.85. The van der Waals surface area contributed by atoms with Crippen LogP contribution in [0.5, 0.6) is 11.5 Å². The van der Waals surface area contributed by atoms with E-state index in [2.05, 4.69) is 32.4 Å². The van der Waals surface area contributed by atoms with Crippen LogP contribution in [0.1, 0.15) is 35.3 Å². The molecule has 36 heavy (non-hydrogen) atoms. The van der Waals surface area contributed by atoms with Gasteiger partial charge >= 0.3 is 0 Å². The van der Waals surface area contributed by atoms with Crippen LogP contribution >= 0.6 is 0 Å². The number of benzene rings is 2. The molecule has 0 radical (unpaired) electrons. The fourth-order valence-electron chi connectivity index (χ4n) is 5.03. The van der Waals surface area contributed by atoms with E-state index in [1.807, 2.05) is 43.7 Å². The summed E-state index contributed by atoms with van der Waals surface area (Å²) in [5.74, 6) is 1.04. The Labute approximate surface area is 209 Å². The summed E-state index contributed by atoms with van der Waals surface area (Å²) in [6.07, 6.45) is 7.69. The summed E-state index contributed by atoms with van der Waals surface area (Å²) in [7, 11) is 1.85. The number of rotatable bonds is 5. The number of pyridine rings is 1. The van der Waals surface area contributed by atoms with E-state index in [4.69, 9.17) is 9.47 Å². The van der Waals surface area contributed by atoms with Crippen LogP contribution in [-0.4, -0.2) is 51.9 Å². The molecule has 1 saturated heterocycles. The average Bonchev–Trinajstić information content (AvgIpc) is 3.25. The van der Waals surface area contributed by atoms with E-state index >= 15 is 0 Å². The Balaban J connectivity index is 1.27. The van der Waals surface area contributed by atoms with Crippen LogP contribution in [-0.2, 0) is 13.6 Å². The van der Waals surface area contributed by atoms with E-state index in [-0.39, 0.29) is 5.91 Å². The molecule has 0 atom stereocenters. The lowest BCUT2D eigenvalue weighted by Crippen LogP contribution is -2.29. The van der Waals surface area contributed by atoms with Crippen molar-refractivity contribution < 1.29 is 14.3 Å². The van der Waals surface area contributed by atoms with Gasteiger partial charge in [-0.05, 0) is 67.4 Å². The Bertz CT molecular complexity index is 1420. The van der Waals surface area contributed by atoms with Gasteiger partial charge in [0.25, 0.3) is 5.91 Å². The average molecular weight is 484 g/mol. The van der Waals surface area contributed by atoms with Gasteiger partial charge in [-0.25, -0.2) is 0 Å². The van der Waals surface area contributed by atoms with Crippen LogP contribution in [0.3, 0.4) is 0 Å². The summed E-state index contributed by atoms with van der Waals surface area (Å²) in [4.78, 5) is 20.3. The summed E-state index contributed by atoms with van der Waals surface area (Å²) >= 11 is 0. The van der Waals surface area contributed by atoms with Gasteiger partial charge in [-0.15, -0.1) is 0 Å². The highest BCUT2D eigenvalue weighted by Crippen LogP contribution is 2.33. The third-order valence-corrected chi connectivity index (χ3v) is 6.85. The molecule has 4 aromatic rings. The zero-order valence-corrected chi connectivity index (χ0v) is 20.4. The Morgan fingerprint density at radius 1 is 0.944 bits per heavy atom. The highest BCUT2D eigenvalue weighted by atomic mass is 16.6. The first kappa shape index (κ1) is 22.5. The normalized spacial score (nSPS) is 15.7. The van der Waals surface area contributed by atoms with Crippen molar-refractivity contribution >= 4 is 22.5 Å². The number of amides is 1. The van der Waals surface area contributed by atoms with Crippen LogP contribution in [0, 0.1) is 0 Å². The lowest BCUT2D eigenvalue weighted by Gasteiger charge is -2.26. The van der Waals surface area contributed by atoms with Crippen LogP contribution < -0.4 is 14.8 Å². The van der Waals surface area contributed by atoms with Crippen molar-refractivity contribution in [1.29, 1.82) is 0 Å². The molecule has 2 aromatic carbocycles. The molecular weight excluding hydrogens is 454 g/mol. The van der Waals surface area contributed by atoms with Gasteiger partial charge in [0.1, 0.15) is 13.2 Å². The summed E-state index contributed by atoms with van der Waals surface area (Å²) in [6, 6.07) is 13.7. The van der Waals surface area contributed by atoms with Gasteiger partial charge in [-0.2, -0.15) is 5.10 Å². The molecule has 1 amide bonds. The first-order chi connectivity index (χ1) is 17.6. The molecule has 184 valence electrons. The number of hydrogen-bond acceptors (Lipinski definition) is 6. The number of anilines is 1. The lowest BCUT2D eigenvalue weighted by atomic mass is 10.0. The highest BCUT2D eigenvalue weighted by Gasteiger charge is 2.19. The van der Waals surface area contributed by atoms with E-state index in [9.17, 15) is 4.79 Å². The summed E-state index contributed by atoms with van der Waals surface area (Å²) < 4.78 is 13.0. The van der Waals surface area contributed by atoms with Gasteiger partial charge in [-0.1, -0.05) is 12.5 Å². The van der Waals surface area contributed by atoms with Gasteiger partial charge in [0.2, 0.25) is 0 Å². The molecule has 0 aliphatic carbocycles.